The highest BCUT2D eigenvalue weighted by molar-refractivity contribution is 6.73. The molecule has 0 saturated heterocycles. The molecule has 0 atom stereocenters. The zero-order valence-electron chi connectivity index (χ0n) is 6.11. The van der Waals surface area contributed by atoms with Gasteiger partial charge in [-0.1, -0.05) is 24.3 Å². The summed E-state index contributed by atoms with van der Waals surface area (Å²) in [5.74, 6) is 0. The van der Waals surface area contributed by atoms with Crippen LogP contribution < -0.4 is 5.46 Å². The summed E-state index contributed by atoms with van der Waals surface area (Å²) in [5, 5.41) is 0. The Morgan fingerprint density at radius 2 is 1.50 bits per heavy atom. The summed E-state index contributed by atoms with van der Waals surface area (Å²) >= 11 is 0. The van der Waals surface area contributed by atoms with Crippen LogP contribution in [0.2, 0.25) is 0 Å². The second-order valence-electron chi connectivity index (χ2n) is 2.45. The molecule has 0 aromatic heterocycles. The van der Waals surface area contributed by atoms with Crippen LogP contribution in [-0.4, -0.2) is 6.98 Å². The van der Waals surface area contributed by atoms with Crippen molar-refractivity contribution in [2.24, 2.45) is 0 Å². The molecular formula is C7H6BF4-. The third-order valence-electron chi connectivity index (χ3n) is 1.51. The second kappa shape index (κ2) is 3.17. The van der Waals surface area contributed by atoms with Gasteiger partial charge in [0, 0.05) is 0 Å². The van der Waals surface area contributed by atoms with Crippen LogP contribution in [-0.2, 0) is 6.67 Å². The Morgan fingerprint density at radius 1 is 1.00 bits per heavy atom. The summed E-state index contributed by atoms with van der Waals surface area (Å²) in [4.78, 5) is 0. The maximum atomic E-state index is 12.0. The normalized spacial score (nSPS) is 11.7. The SMILES string of the molecule is FCc1ccc([B-](F)(F)F)cc1. The van der Waals surface area contributed by atoms with Crippen molar-refractivity contribution >= 4 is 12.4 Å². The first-order valence-corrected chi connectivity index (χ1v) is 3.39. The van der Waals surface area contributed by atoms with Crippen molar-refractivity contribution in [3.8, 4) is 0 Å². The Balaban J connectivity index is 2.93. The molecular weight excluding hydrogens is 171 g/mol. The molecule has 0 fully saturated rings. The van der Waals surface area contributed by atoms with E-state index in [9.17, 15) is 17.3 Å². The summed E-state index contributed by atoms with van der Waals surface area (Å²) in [6.07, 6.45) is 0. The third kappa shape index (κ3) is 2.00. The van der Waals surface area contributed by atoms with E-state index in [4.69, 9.17) is 0 Å². The Hall–Kier alpha value is -0.995. The monoisotopic (exact) mass is 177 g/mol. The Labute approximate surface area is 67.3 Å². The van der Waals surface area contributed by atoms with Gasteiger partial charge in [0.15, 0.2) is 0 Å². The van der Waals surface area contributed by atoms with E-state index in [1.54, 1.807) is 0 Å². The molecule has 0 amide bonds. The smallest absolute Gasteiger partial charge is 0.445 e. The van der Waals surface area contributed by atoms with Gasteiger partial charge in [-0.2, -0.15) is 0 Å². The van der Waals surface area contributed by atoms with Crippen molar-refractivity contribution in [2.75, 3.05) is 0 Å². The van der Waals surface area contributed by atoms with Crippen molar-refractivity contribution in [3.63, 3.8) is 0 Å². The largest absolute Gasteiger partial charge is 0.509 e. The van der Waals surface area contributed by atoms with Gasteiger partial charge in [-0.25, -0.2) is 4.39 Å². The lowest BCUT2D eigenvalue weighted by Gasteiger charge is -2.14. The van der Waals surface area contributed by atoms with Gasteiger partial charge in [0.2, 0.25) is 0 Å². The molecule has 5 heteroatoms. The van der Waals surface area contributed by atoms with Crippen LogP contribution in [0.15, 0.2) is 24.3 Å². The van der Waals surface area contributed by atoms with E-state index >= 15 is 0 Å². The fourth-order valence-corrected chi connectivity index (χ4v) is 0.825. The number of alkyl halides is 1. The Kier molecular flexibility index (Phi) is 2.40. The average molecular weight is 177 g/mol. The minimum Gasteiger partial charge on any atom is -0.445 e. The fourth-order valence-electron chi connectivity index (χ4n) is 0.825. The average Bonchev–Trinajstić information content (AvgIpc) is 2.03. The molecule has 0 saturated carbocycles. The zero-order valence-corrected chi connectivity index (χ0v) is 6.11. The van der Waals surface area contributed by atoms with E-state index in [1.165, 1.54) is 0 Å². The highest BCUT2D eigenvalue weighted by atomic mass is 19.4. The molecule has 1 aromatic carbocycles. The van der Waals surface area contributed by atoms with E-state index in [0.29, 0.717) is 0 Å². The van der Waals surface area contributed by atoms with Crippen molar-refractivity contribution in [1.29, 1.82) is 0 Å². The number of benzene rings is 1. The van der Waals surface area contributed by atoms with Crippen LogP contribution in [0.5, 0.6) is 0 Å². The van der Waals surface area contributed by atoms with Crippen molar-refractivity contribution in [2.45, 2.75) is 6.67 Å². The lowest BCUT2D eigenvalue weighted by atomic mass is 9.80. The molecule has 0 aliphatic carbocycles. The third-order valence-corrected chi connectivity index (χ3v) is 1.51. The van der Waals surface area contributed by atoms with Gasteiger partial charge >= 0.3 is 6.98 Å². The Bertz CT molecular complexity index is 251. The van der Waals surface area contributed by atoms with Crippen LogP contribution >= 0.6 is 0 Å². The van der Waals surface area contributed by atoms with E-state index in [1.807, 2.05) is 0 Å². The van der Waals surface area contributed by atoms with Crippen LogP contribution in [0.1, 0.15) is 5.56 Å². The zero-order chi connectivity index (χ0) is 9.19. The Morgan fingerprint density at radius 3 is 1.83 bits per heavy atom. The molecule has 0 heterocycles. The molecule has 0 N–H and O–H groups in total. The molecule has 0 nitrogen and oxygen atoms in total. The van der Waals surface area contributed by atoms with E-state index in [2.05, 4.69) is 0 Å². The predicted molar refractivity (Wildman–Crippen MR) is 40.0 cm³/mol. The molecule has 1 rings (SSSR count). The van der Waals surface area contributed by atoms with Gasteiger partial charge in [-0.05, 0) is 5.56 Å². The van der Waals surface area contributed by atoms with Crippen LogP contribution in [0.25, 0.3) is 0 Å². The predicted octanol–water partition coefficient (Wildman–Crippen LogP) is 2.21. The first-order valence-electron chi connectivity index (χ1n) is 3.39. The standard InChI is InChI=1S/C7H6BF4/c9-5-6-1-3-7(4-2-6)8(10,11)12/h1-4H,5H2/q-1. The molecule has 66 valence electrons. The first kappa shape index (κ1) is 9.10. The highest BCUT2D eigenvalue weighted by Gasteiger charge is 2.24. The molecule has 0 aliphatic rings. The molecule has 0 bridgehead atoms. The van der Waals surface area contributed by atoms with Crippen LogP contribution in [0.4, 0.5) is 17.3 Å². The van der Waals surface area contributed by atoms with Gasteiger partial charge < -0.3 is 12.9 Å². The van der Waals surface area contributed by atoms with Crippen molar-refractivity contribution in [1.82, 2.24) is 0 Å². The summed E-state index contributed by atoms with van der Waals surface area (Å²) in [7, 11) is 0. The number of halogens is 4. The van der Waals surface area contributed by atoms with Crippen LogP contribution in [0.3, 0.4) is 0 Å². The molecule has 0 aliphatic heterocycles. The van der Waals surface area contributed by atoms with Crippen molar-refractivity contribution in [3.05, 3.63) is 29.8 Å². The number of rotatable bonds is 2. The maximum Gasteiger partial charge on any atom is 0.509 e. The summed E-state index contributed by atoms with van der Waals surface area (Å²) in [5.41, 5.74) is -0.425. The minimum absolute atomic E-state index is 0.263. The second-order valence-corrected chi connectivity index (χ2v) is 2.45. The molecule has 0 radical (unpaired) electrons. The molecule has 1 aromatic rings. The number of hydrogen-bond acceptors (Lipinski definition) is 0. The molecule has 0 spiro atoms. The van der Waals surface area contributed by atoms with E-state index < -0.39 is 19.1 Å². The topological polar surface area (TPSA) is 0 Å². The van der Waals surface area contributed by atoms with Gasteiger partial charge in [-0.15, -0.1) is 5.46 Å². The summed E-state index contributed by atoms with van der Waals surface area (Å²) < 4.78 is 47.9. The van der Waals surface area contributed by atoms with E-state index in [0.717, 1.165) is 24.3 Å². The van der Waals surface area contributed by atoms with E-state index in [-0.39, 0.29) is 5.56 Å². The van der Waals surface area contributed by atoms with Crippen molar-refractivity contribution < 1.29 is 17.3 Å². The lowest BCUT2D eigenvalue weighted by molar-refractivity contribution is 0.484. The molecule has 12 heavy (non-hydrogen) atoms. The van der Waals surface area contributed by atoms with Gasteiger partial charge in [0.05, 0.1) is 0 Å². The van der Waals surface area contributed by atoms with Gasteiger partial charge in [0.1, 0.15) is 6.67 Å². The van der Waals surface area contributed by atoms with Crippen LogP contribution in [0, 0.1) is 0 Å². The summed E-state index contributed by atoms with van der Waals surface area (Å²) in [6.45, 7) is -5.68. The minimum atomic E-state index is -4.95. The maximum absolute atomic E-state index is 12.0. The lowest BCUT2D eigenvalue weighted by Crippen LogP contribution is -2.33. The molecule has 0 unspecified atom stereocenters. The van der Waals surface area contributed by atoms with Gasteiger partial charge in [-0.3, -0.25) is 0 Å². The quantitative estimate of drug-likeness (QED) is 0.479. The first-order chi connectivity index (χ1) is 5.54. The fraction of sp³-hybridized carbons (Fsp3) is 0.143. The highest BCUT2D eigenvalue weighted by Crippen LogP contribution is 2.09. The van der Waals surface area contributed by atoms with Gasteiger partial charge in [0.25, 0.3) is 0 Å². The number of hydrogen-bond donors (Lipinski definition) is 0. The summed E-state index contributed by atoms with van der Waals surface area (Å²) in [6, 6.07) is 4.08.